The van der Waals surface area contributed by atoms with Crippen LogP contribution in [0.1, 0.15) is 5.56 Å². The highest BCUT2D eigenvalue weighted by molar-refractivity contribution is 6.33. The first-order valence-corrected chi connectivity index (χ1v) is 7.60. The molecule has 0 unspecified atom stereocenters. The molecule has 4 nitrogen and oxygen atoms in total. The molecule has 0 fully saturated rings. The first-order chi connectivity index (χ1) is 11.7. The number of nitrogens with one attached hydrogen (secondary N) is 1. The van der Waals surface area contributed by atoms with Crippen LogP contribution in [0.15, 0.2) is 42.5 Å². The molecule has 2 aromatic rings. The Hall–Kier alpha value is -2.41. The second-order valence-electron chi connectivity index (χ2n) is 5.17. The molecule has 0 atom stereocenters. The summed E-state index contributed by atoms with van der Waals surface area (Å²) in [6.07, 6.45) is -4.47. The van der Waals surface area contributed by atoms with Gasteiger partial charge in [-0.2, -0.15) is 13.2 Å². The van der Waals surface area contributed by atoms with E-state index in [0.717, 1.165) is 5.56 Å². The molecule has 1 amide bonds. The second-order valence-corrected chi connectivity index (χ2v) is 5.58. The fraction of sp³-hybridized carbons (Fsp3) is 0.235. The molecular formula is C17H15ClF3NO3. The average molecular weight is 374 g/mol. The van der Waals surface area contributed by atoms with E-state index in [2.05, 4.69) is 10.1 Å². The second kappa shape index (κ2) is 8.11. The number of hydrogen-bond acceptors (Lipinski definition) is 3. The van der Waals surface area contributed by atoms with Crippen molar-refractivity contribution in [2.24, 2.45) is 0 Å². The summed E-state index contributed by atoms with van der Waals surface area (Å²) in [4.78, 5) is 11.9. The highest BCUT2D eigenvalue weighted by Gasteiger charge is 2.29. The van der Waals surface area contributed by atoms with Gasteiger partial charge in [0.25, 0.3) is 5.91 Å². The summed E-state index contributed by atoms with van der Waals surface area (Å²) in [5, 5.41) is 2.94. The number of alkyl halides is 3. The molecule has 0 heterocycles. The molecule has 1 N–H and O–H groups in total. The molecule has 8 heteroatoms. The molecule has 0 aliphatic carbocycles. The lowest BCUT2D eigenvalue weighted by atomic mass is 10.2. The summed E-state index contributed by atoms with van der Waals surface area (Å²) in [7, 11) is 0. The zero-order chi connectivity index (χ0) is 18.4. The van der Waals surface area contributed by atoms with Crippen LogP contribution in [-0.2, 0) is 4.79 Å². The normalized spacial score (nSPS) is 11.1. The lowest BCUT2D eigenvalue weighted by Gasteiger charge is -2.14. The van der Waals surface area contributed by atoms with Crippen molar-refractivity contribution in [3.63, 3.8) is 0 Å². The average Bonchev–Trinajstić information content (AvgIpc) is 2.53. The van der Waals surface area contributed by atoms with Gasteiger partial charge in [0, 0.05) is 0 Å². The van der Waals surface area contributed by atoms with Crippen LogP contribution in [0.4, 0.5) is 18.9 Å². The highest BCUT2D eigenvalue weighted by atomic mass is 35.5. The Morgan fingerprint density at radius 2 is 1.76 bits per heavy atom. The van der Waals surface area contributed by atoms with Crippen molar-refractivity contribution in [1.29, 1.82) is 0 Å². The van der Waals surface area contributed by atoms with Crippen molar-refractivity contribution in [2.45, 2.75) is 13.1 Å². The van der Waals surface area contributed by atoms with Gasteiger partial charge in [0.05, 0.1) is 10.7 Å². The predicted molar refractivity (Wildman–Crippen MR) is 88.3 cm³/mol. The molecule has 0 aromatic heterocycles. The van der Waals surface area contributed by atoms with Gasteiger partial charge in [-0.3, -0.25) is 4.79 Å². The van der Waals surface area contributed by atoms with Crippen LogP contribution in [0.25, 0.3) is 0 Å². The van der Waals surface area contributed by atoms with Gasteiger partial charge in [-0.1, -0.05) is 29.8 Å². The van der Waals surface area contributed by atoms with E-state index in [1.165, 1.54) is 18.2 Å². The van der Waals surface area contributed by atoms with Crippen molar-refractivity contribution < 1.29 is 27.4 Å². The van der Waals surface area contributed by atoms with E-state index < -0.39 is 25.3 Å². The molecular weight excluding hydrogens is 359 g/mol. The smallest absolute Gasteiger partial charge is 0.422 e. The molecule has 0 saturated heterocycles. The van der Waals surface area contributed by atoms with E-state index in [1.807, 2.05) is 6.92 Å². The third-order valence-electron chi connectivity index (χ3n) is 3.00. The van der Waals surface area contributed by atoms with Crippen LogP contribution in [0.2, 0.25) is 5.02 Å². The quantitative estimate of drug-likeness (QED) is 0.804. The number of aryl methyl sites for hydroxylation is 1. The third kappa shape index (κ3) is 6.19. The summed E-state index contributed by atoms with van der Waals surface area (Å²) in [5.41, 5.74) is 1.36. The molecule has 2 aromatic carbocycles. The number of ether oxygens (including phenoxy) is 2. The Labute approximate surface area is 147 Å². The Kier molecular flexibility index (Phi) is 6.14. The van der Waals surface area contributed by atoms with Crippen molar-refractivity contribution >= 4 is 23.2 Å². The van der Waals surface area contributed by atoms with E-state index in [9.17, 15) is 18.0 Å². The van der Waals surface area contributed by atoms with Gasteiger partial charge in [-0.25, -0.2) is 0 Å². The minimum Gasteiger partial charge on any atom is -0.480 e. The third-order valence-corrected chi connectivity index (χ3v) is 3.31. The number of carbonyl (C=O) groups is 1. The summed E-state index contributed by atoms with van der Waals surface area (Å²) in [6.45, 7) is 0.00755. The Balaban J connectivity index is 1.95. The number of rotatable bonds is 6. The number of amides is 1. The lowest BCUT2D eigenvalue weighted by molar-refractivity contribution is -0.153. The number of carbonyl (C=O) groups excluding carboxylic acids is 1. The number of benzene rings is 2. The highest BCUT2D eigenvalue weighted by Crippen LogP contribution is 2.28. The summed E-state index contributed by atoms with van der Waals surface area (Å²) in [6, 6.07) is 10.9. The molecule has 0 bridgehead atoms. The predicted octanol–water partition coefficient (Wildman–Crippen LogP) is 4.61. The van der Waals surface area contributed by atoms with Gasteiger partial charge in [-0.15, -0.1) is 0 Å². The lowest BCUT2D eigenvalue weighted by Crippen LogP contribution is -2.22. The zero-order valence-corrected chi connectivity index (χ0v) is 13.9. The van der Waals surface area contributed by atoms with E-state index in [-0.39, 0.29) is 11.5 Å². The topological polar surface area (TPSA) is 47.6 Å². The molecule has 25 heavy (non-hydrogen) atoms. The summed E-state index contributed by atoms with van der Waals surface area (Å²) in [5.74, 6) is -0.561. The van der Waals surface area contributed by atoms with Crippen molar-refractivity contribution in [3.8, 4) is 11.5 Å². The largest absolute Gasteiger partial charge is 0.480 e. The maximum Gasteiger partial charge on any atom is 0.422 e. The summed E-state index contributed by atoms with van der Waals surface area (Å²) < 4.78 is 46.7. The van der Waals surface area contributed by atoms with Gasteiger partial charge in [0.2, 0.25) is 0 Å². The molecule has 0 spiro atoms. The fourth-order valence-electron chi connectivity index (χ4n) is 1.90. The van der Waals surface area contributed by atoms with Crippen LogP contribution in [0, 0.1) is 6.92 Å². The van der Waals surface area contributed by atoms with Crippen molar-refractivity contribution in [2.75, 3.05) is 18.5 Å². The number of hydrogen-bond donors (Lipinski definition) is 1. The number of halogens is 4. The van der Waals surface area contributed by atoms with E-state index in [0.29, 0.717) is 10.7 Å². The molecule has 0 saturated carbocycles. The molecule has 134 valence electrons. The molecule has 0 radical (unpaired) electrons. The molecule has 0 aliphatic rings. The van der Waals surface area contributed by atoms with Gasteiger partial charge < -0.3 is 14.8 Å². The molecule has 2 rings (SSSR count). The number of para-hydroxylation sites is 2. The monoisotopic (exact) mass is 373 g/mol. The van der Waals surface area contributed by atoms with Gasteiger partial charge >= 0.3 is 6.18 Å². The maximum atomic E-state index is 12.3. The molecule has 0 aliphatic heterocycles. The maximum absolute atomic E-state index is 12.3. The minimum absolute atomic E-state index is 0.0388. The summed E-state index contributed by atoms with van der Waals surface area (Å²) >= 11 is 6.02. The van der Waals surface area contributed by atoms with Gasteiger partial charge in [0.1, 0.15) is 0 Å². The Bertz CT molecular complexity index is 750. The van der Waals surface area contributed by atoms with Crippen LogP contribution in [0.3, 0.4) is 0 Å². The number of anilines is 1. The van der Waals surface area contributed by atoms with E-state index in [1.54, 1.807) is 24.3 Å². The van der Waals surface area contributed by atoms with Crippen LogP contribution in [-0.4, -0.2) is 25.3 Å². The SMILES string of the molecule is Cc1ccc(NC(=O)COc2ccccc2OCC(F)(F)F)c(Cl)c1. The van der Waals surface area contributed by atoms with Crippen LogP contribution < -0.4 is 14.8 Å². The van der Waals surface area contributed by atoms with Gasteiger partial charge in [0.15, 0.2) is 24.7 Å². The van der Waals surface area contributed by atoms with Crippen LogP contribution in [0.5, 0.6) is 11.5 Å². The fourth-order valence-corrected chi connectivity index (χ4v) is 2.18. The zero-order valence-electron chi connectivity index (χ0n) is 13.2. The van der Waals surface area contributed by atoms with Gasteiger partial charge in [-0.05, 0) is 36.8 Å². The Morgan fingerprint density at radius 3 is 2.36 bits per heavy atom. The van der Waals surface area contributed by atoms with E-state index >= 15 is 0 Å². The first-order valence-electron chi connectivity index (χ1n) is 7.22. The first kappa shape index (κ1) is 18.9. The standard InChI is InChI=1S/C17H15ClF3NO3/c1-11-6-7-13(12(18)8-11)22-16(23)9-24-14-4-2-3-5-15(14)25-10-17(19,20)21/h2-8H,9-10H2,1H3,(H,22,23). The van der Waals surface area contributed by atoms with E-state index in [4.69, 9.17) is 16.3 Å². The Morgan fingerprint density at radius 1 is 1.12 bits per heavy atom. The van der Waals surface area contributed by atoms with Crippen LogP contribution >= 0.6 is 11.6 Å². The minimum atomic E-state index is -4.47. The van der Waals surface area contributed by atoms with Crippen molar-refractivity contribution in [3.05, 3.63) is 53.1 Å². The van der Waals surface area contributed by atoms with Crippen molar-refractivity contribution in [1.82, 2.24) is 0 Å².